The molecule has 0 saturated carbocycles. The monoisotopic (exact) mass is 174 g/mol. The molecule has 12 heavy (non-hydrogen) atoms. The summed E-state index contributed by atoms with van der Waals surface area (Å²) in [6, 6.07) is 4.04. The molecular formula is C9H6N2S. The summed E-state index contributed by atoms with van der Waals surface area (Å²) in [7, 11) is 0. The molecule has 0 aromatic carbocycles. The van der Waals surface area contributed by atoms with Crippen LogP contribution in [0.15, 0.2) is 24.5 Å². The van der Waals surface area contributed by atoms with Crippen LogP contribution in [0.2, 0.25) is 0 Å². The molecule has 0 aliphatic heterocycles. The van der Waals surface area contributed by atoms with E-state index in [1.807, 2.05) is 24.5 Å². The molecular weight excluding hydrogens is 168 g/mol. The maximum absolute atomic E-state index is 5.30. The summed E-state index contributed by atoms with van der Waals surface area (Å²) in [5.41, 5.74) is 4.54. The number of hydrogen-bond acceptors (Lipinski definition) is 1. The SMILES string of the molecule is S=C1c2cc[nH]c2-c2[nH]ccc21. The molecule has 2 aromatic rings. The molecule has 0 spiro atoms. The van der Waals surface area contributed by atoms with E-state index < -0.39 is 0 Å². The summed E-state index contributed by atoms with van der Waals surface area (Å²) in [4.78, 5) is 7.29. The molecule has 0 amide bonds. The van der Waals surface area contributed by atoms with Gasteiger partial charge in [-0.3, -0.25) is 0 Å². The number of aromatic nitrogens is 2. The molecule has 0 bridgehead atoms. The van der Waals surface area contributed by atoms with Gasteiger partial charge >= 0.3 is 0 Å². The molecule has 0 fully saturated rings. The standard InChI is InChI=1S/C9H6N2S/c12-9-5-1-3-10-7(5)8-6(9)2-4-11-8/h1-4,10-11H. The van der Waals surface area contributed by atoms with Gasteiger partial charge in [0.2, 0.25) is 0 Å². The quantitative estimate of drug-likeness (QED) is 0.502. The highest BCUT2D eigenvalue weighted by molar-refractivity contribution is 7.81. The van der Waals surface area contributed by atoms with Gasteiger partial charge in [-0.25, -0.2) is 0 Å². The third kappa shape index (κ3) is 0.539. The van der Waals surface area contributed by atoms with Crippen molar-refractivity contribution in [3.8, 4) is 11.4 Å². The van der Waals surface area contributed by atoms with Crippen LogP contribution in [-0.2, 0) is 0 Å². The molecule has 1 aliphatic rings. The van der Waals surface area contributed by atoms with E-state index in [2.05, 4.69) is 9.97 Å². The average molecular weight is 174 g/mol. The molecule has 0 saturated heterocycles. The molecule has 2 nitrogen and oxygen atoms in total. The predicted molar refractivity (Wildman–Crippen MR) is 51.4 cm³/mol. The lowest BCUT2D eigenvalue weighted by Crippen LogP contribution is -1.88. The van der Waals surface area contributed by atoms with Crippen LogP contribution in [0.3, 0.4) is 0 Å². The summed E-state index contributed by atoms with van der Waals surface area (Å²) in [5.74, 6) is 0. The van der Waals surface area contributed by atoms with E-state index in [1.165, 1.54) is 0 Å². The van der Waals surface area contributed by atoms with Crippen molar-refractivity contribution in [2.75, 3.05) is 0 Å². The smallest absolute Gasteiger partial charge is 0.0714 e. The van der Waals surface area contributed by atoms with Crippen molar-refractivity contribution in [3.63, 3.8) is 0 Å². The van der Waals surface area contributed by atoms with E-state index in [1.54, 1.807) is 0 Å². The highest BCUT2D eigenvalue weighted by Crippen LogP contribution is 2.34. The highest BCUT2D eigenvalue weighted by atomic mass is 32.1. The largest absolute Gasteiger partial charge is 0.359 e. The fourth-order valence-electron chi connectivity index (χ4n) is 1.68. The van der Waals surface area contributed by atoms with Crippen molar-refractivity contribution in [2.24, 2.45) is 0 Å². The molecule has 2 heterocycles. The topological polar surface area (TPSA) is 31.6 Å². The average Bonchev–Trinajstić information content (AvgIpc) is 2.72. The second-order valence-corrected chi connectivity index (χ2v) is 3.27. The summed E-state index contributed by atoms with van der Waals surface area (Å²) in [6.07, 6.45) is 3.83. The van der Waals surface area contributed by atoms with E-state index in [-0.39, 0.29) is 0 Å². The lowest BCUT2D eigenvalue weighted by Gasteiger charge is -1.87. The first-order valence-corrected chi connectivity index (χ1v) is 4.18. The van der Waals surface area contributed by atoms with Gasteiger partial charge < -0.3 is 9.97 Å². The summed E-state index contributed by atoms with van der Waals surface area (Å²) < 4.78 is 0. The van der Waals surface area contributed by atoms with Crippen LogP contribution in [-0.4, -0.2) is 14.8 Å². The number of aromatic amines is 2. The van der Waals surface area contributed by atoms with Crippen LogP contribution in [0.5, 0.6) is 0 Å². The zero-order valence-electron chi connectivity index (χ0n) is 6.22. The Balaban J connectivity index is 2.47. The minimum Gasteiger partial charge on any atom is -0.359 e. The van der Waals surface area contributed by atoms with Crippen LogP contribution >= 0.6 is 12.2 Å². The van der Waals surface area contributed by atoms with Gasteiger partial charge in [-0.05, 0) is 12.1 Å². The zero-order valence-corrected chi connectivity index (χ0v) is 7.03. The van der Waals surface area contributed by atoms with Crippen LogP contribution in [0.4, 0.5) is 0 Å². The molecule has 3 rings (SSSR count). The van der Waals surface area contributed by atoms with Gasteiger partial charge in [0.1, 0.15) is 0 Å². The first-order chi connectivity index (χ1) is 5.88. The third-order valence-corrected chi connectivity index (χ3v) is 2.67. The number of hydrogen-bond donors (Lipinski definition) is 2. The van der Waals surface area contributed by atoms with Gasteiger partial charge in [0.15, 0.2) is 0 Å². The van der Waals surface area contributed by atoms with Crippen molar-refractivity contribution in [1.29, 1.82) is 0 Å². The number of rotatable bonds is 0. The fourth-order valence-corrected chi connectivity index (χ4v) is 2.02. The molecule has 3 heteroatoms. The summed E-state index contributed by atoms with van der Waals surface area (Å²) in [6.45, 7) is 0. The third-order valence-electron chi connectivity index (χ3n) is 2.23. The second-order valence-electron chi connectivity index (χ2n) is 2.86. The normalized spacial score (nSPS) is 13.2. The lowest BCUT2D eigenvalue weighted by molar-refractivity contribution is 1.33. The van der Waals surface area contributed by atoms with E-state index in [9.17, 15) is 0 Å². The fraction of sp³-hybridized carbons (Fsp3) is 0. The Morgan fingerprint density at radius 3 is 1.92 bits per heavy atom. The molecule has 2 N–H and O–H groups in total. The Hall–Kier alpha value is -1.35. The molecule has 0 unspecified atom stereocenters. The maximum Gasteiger partial charge on any atom is 0.0714 e. The van der Waals surface area contributed by atoms with Gasteiger partial charge in [-0.1, -0.05) is 12.2 Å². The van der Waals surface area contributed by atoms with E-state index in [0.29, 0.717) is 0 Å². The second kappa shape index (κ2) is 1.87. The Labute approximate surface area is 74.6 Å². The minimum absolute atomic E-state index is 0.947. The maximum atomic E-state index is 5.30. The van der Waals surface area contributed by atoms with Crippen molar-refractivity contribution < 1.29 is 0 Å². The highest BCUT2D eigenvalue weighted by Gasteiger charge is 2.24. The molecule has 0 radical (unpaired) electrons. The Kier molecular flexibility index (Phi) is 0.966. The van der Waals surface area contributed by atoms with Crippen molar-refractivity contribution >= 4 is 17.1 Å². The van der Waals surface area contributed by atoms with E-state index >= 15 is 0 Å². The molecule has 2 aromatic heterocycles. The Morgan fingerprint density at radius 2 is 1.42 bits per heavy atom. The van der Waals surface area contributed by atoms with Crippen LogP contribution in [0, 0.1) is 0 Å². The van der Waals surface area contributed by atoms with Crippen molar-refractivity contribution in [2.45, 2.75) is 0 Å². The first kappa shape index (κ1) is 6.20. The van der Waals surface area contributed by atoms with E-state index in [0.717, 1.165) is 27.4 Å². The summed E-state index contributed by atoms with van der Waals surface area (Å²) in [5, 5.41) is 0. The first-order valence-electron chi connectivity index (χ1n) is 3.78. The number of H-pyrrole nitrogens is 2. The predicted octanol–water partition coefficient (Wildman–Crippen LogP) is 2.09. The van der Waals surface area contributed by atoms with Gasteiger partial charge in [0, 0.05) is 23.5 Å². The molecule has 1 aliphatic carbocycles. The summed E-state index contributed by atoms with van der Waals surface area (Å²) >= 11 is 5.30. The van der Waals surface area contributed by atoms with Gasteiger partial charge in [-0.15, -0.1) is 0 Å². The van der Waals surface area contributed by atoms with E-state index in [4.69, 9.17) is 12.2 Å². The molecule has 0 atom stereocenters. The number of fused-ring (bicyclic) bond motifs is 3. The Bertz CT molecular complexity index is 422. The van der Waals surface area contributed by atoms with Crippen molar-refractivity contribution in [1.82, 2.24) is 9.97 Å². The lowest BCUT2D eigenvalue weighted by atomic mass is 10.2. The zero-order chi connectivity index (χ0) is 8.13. The number of thiocarbonyl (C=S) groups is 1. The van der Waals surface area contributed by atoms with Crippen LogP contribution in [0.25, 0.3) is 11.4 Å². The van der Waals surface area contributed by atoms with Crippen LogP contribution in [0.1, 0.15) is 11.1 Å². The van der Waals surface area contributed by atoms with Crippen LogP contribution < -0.4 is 0 Å². The number of nitrogens with one attached hydrogen (secondary N) is 2. The molecule has 58 valence electrons. The van der Waals surface area contributed by atoms with Crippen molar-refractivity contribution in [3.05, 3.63) is 35.7 Å². The van der Waals surface area contributed by atoms with Gasteiger partial charge in [0.05, 0.1) is 16.3 Å². The van der Waals surface area contributed by atoms with Gasteiger partial charge in [-0.2, -0.15) is 0 Å². The van der Waals surface area contributed by atoms with Gasteiger partial charge in [0.25, 0.3) is 0 Å². The minimum atomic E-state index is 0.947. The Morgan fingerprint density at radius 1 is 0.917 bits per heavy atom.